The van der Waals surface area contributed by atoms with Crippen molar-refractivity contribution in [2.75, 3.05) is 0 Å². The minimum absolute atomic E-state index is 0.0679. The molecule has 0 aliphatic heterocycles. The fourth-order valence-corrected chi connectivity index (χ4v) is 6.18. The van der Waals surface area contributed by atoms with Crippen LogP contribution in [0, 0.1) is 5.92 Å². The van der Waals surface area contributed by atoms with E-state index in [2.05, 4.69) is 39.2 Å². The Morgan fingerprint density at radius 1 is 0.822 bits per heavy atom. The van der Waals surface area contributed by atoms with Crippen molar-refractivity contribution in [1.82, 2.24) is 5.32 Å². The number of amides is 1. The third kappa shape index (κ3) is 11.7. The molecule has 0 aliphatic rings. The molecule has 3 aromatic carbocycles. The summed E-state index contributed by atoms with van der Waals surface area (Å²) in [6.07, 6.45) is -0.313. The average Bonchev–Trinajstić information content (AvgIpc) is 2.95. The van der Waals surface area contributed by atoms with Gasteiger partial charge in [0.15, 0.2) is 8.32 Å². The lowest BCUT2D eigenvalue weighted by Crippen LogP contribution is -2.49. The van der Waals surface area contributed by atoms with Gasteiger partial charge in [-0.15, -0.1) is 0 Å². The number of hydrogen-bond donors (Lipinski definition) is 2. The predicted octanol–water partition coefficient (Wildman–Crippen LogP) is 8.95. The SMILES string of the molecule is CC(C)(C)OC(=O)N[C@@H](Cc1ccccc1)[C@H](CCC(=O)O)C(O[Si](C)(C)C(C)(C)C)c1ccc(OCc2ccccc2)cc1. The molecule has 45 heavy (non-hydrogen) atoms. The highest BCUT2D eigenvalue weighted by atomic mass is 28.4. The van der Waals surface area contributed by atoms with E-state index in [1.807, 2.05) is 106 Å². The Bertz CT molecular complexity index is 1350. The highest BCUT2D eigenvalue weighted by Gasteiger charge is 2.43. The molecular formula is C37H51NO6Si. The van der Waals surface area contributed by atoms with E-state index in [-0.39, 0.29) is 17.4 Å². The van der Waals surface area contributed by atoms with Crippen LogP contribution in [0.25, 0.3) is 0 Å². The van der Waals surface area contributed by atoms with Crippen LogP contribution in [0.3, 0.4) is 0 Å². The molecule has 0 aromatic heterocycles. The molecule has 0 heterocycles. The van der Waals surface area contributed by atoms with Crippen LogP contribution in [-0.4, -0.2) is 37.1 Å². The van der Waals surface area contributed by atoms with E-state index in [0.29, 0.717) is 19.4 Å². The van der Waals surface area contributed by atoms with E-state index in [1.54, 1.807) is 0 Å². The molecule has 0 bridgehead atoms. The van der Waals surface area contributed by atoms with Gasteiger partial charge < -0.3 is 24.3 Å². The van der Waals surface area contributed by atoms with Crippen LogP contribution in [0.1, 0.15) is 77.2 Å². The summed E-state index contributed by atoms with van der Waals surface area (Å²) in [6, 6.07) is 27.3. The van der Waals surface area contributed by atoms with Gasteiger partial charge in [0.2, 0.25) is 0 Å². The maximum Gasteiger partial charge on any atom is 0.407 e. The lowest BCUT2D eigenvalue weighted by Gasteiger charge is -2.43. The van der Waals surface area contributed by atoms with Crippen molar-refractivity contribution in [3.63, 3.8) is 0 Å². The molecule has 0 saturated heterocycles. The van der Waals surface area contributed by atoms with Crippen LogP contribution in [0.2, 0.25) is 18.1 Å². The molecule has 3 aromatic rings. The number of carbonyl (C=O) groups excluding carboxylic acids is 1. The smallest absolute Gasteiger partial charge is 0.407 e. The first-order valence-corrected chi connectivity index (χ1v) is 18.6. The Balaban J connectivity index is 2.06. The first-order valence-electron chi connectivity index (χ1n) is 15.7. The molecule has 0 spiro atoms. The molecule has 244 valence electrons. The Hall–Kier alpha value is -3.62. The number of ether oxygens (including phenoxy) is 2. The van der Waals surface area contributed by atoms with Crippen molar-refractivity contribution in [2.24, 2.45) is 5.92 Å². The van der Waals surface area contributed by atoms with Crippen LogP contribution in [-0.2, 0) is 27.0 Å². The summed E-state index contributed by atoms with van der Waals surface area (Å²) in [6.45, 7) is 16.9. The van der Waals surface area contributed by atoms with Crippen molar-refractivity contribution < 1.29 is 28.6 Å². The van der Waals surface area contributed by atoms with E-state index >= 15 is 0 Å². The van der Waals surface area contributed by atoms with Gasteiger partial charge in [-0.05, 0) is 80.6 Å². The number of benzene rings is 3. The first-order chi connectivity index (χ1) is 21.0. The second kappa shape index (κ2) is 15.6. The number of carboxylic acid groups (broad SMARTS) is 1. The number of aliphatic carboxylic acids is 1. The molecule has 0 radical (unpaired) electrons. The summed E-state index contributed by atoms with van der Waals surface area (Å²) in [5, 5.41) is 12.8. The molecule has 7 nitrogen and oxygen atoms in total. The molecule has 0 aliphatic carbocycles. The summed E-state index contributed by atoms with van der Waals surface area (Å²) < 4.78 is 18.9. The number of hydrogen-bond acceptors (Lipinski definition) is 5. The highest BCUT2D eigenvalue weighted by molar-refractivity contribution is 6.74. The van der Waals surface area contributed by atoms with Gasteiger partial charge in [-0.3, -0.25) is 4.79 Å². The van der Waals surface area contributed by atoms with Gasteiger partial charge in [0.1, 0.15) is 18.0 Å². The quantitative estimate of drug-likeness (QED) is 0.172. The molecule has 0 fully saturated rings. The minimum atomic E-state index is -2.38. The number of carbonyl (C=O) groups is 2. The topological polar surface area (TPSA) is 94.1 Å². The summed E-state index contributed by atoms with van der Waals surface area (Å²) in [7, 11) is -2.38. The van der Waals surface area contributed by atoms with Crippen LogP contribution in [0.15, 0.2) is 84.9 Å². The zero-order valence-electron chi connectivity index (χ0n) is 28.1. The van der Waals surface area contributed by atoms with Gasteiger partial charge in [-0.25, -0.2) is 4.79 Å². The summed E-state index contributed by atoms with van der Waals surface area (Å²) in [5.41, 5.74) is 2.32. The number of rotatable bonds is 14. The van der Waals surface area contributed by atoms with Crippen molar-refractivity contribution in [3.05, 3.63) is 102 Å². The Kier molecular flexibility index (Phi) is 12.4. The van der Waals surface area contributed by atoms with E-state index in [1.165, 1.54) is 0 Å². The third-order valence-electron chi connectivity index (χ3n) is 8.28. The second-order valence-electron chi connectivity index (χ2n) is 14.2. The molecule has 3 rings (SSSR count). The molecule has 1 amide bonds. The molecule has 8 heteroatoms. The average molecular weight is 634 g/mol. The zero-order valence-corrected chi connectivity index (χ0v) is 29.1. The largest absolute Gasteiger partial charge is 0.489 e. The van der Waals surface area contributed by atoms with Gasteiger partial charge in [0.25, 0.3) is 0 Å². The predicted molar refractivity (Wildman–Crippen MR) is 182 cm³/mol. The molecular weight excluding hydrogens is 582 g/mol. The van der Waals surface area contributed by atoms with Crippen LogP contribution >= 0.6 is 0 Å². The van der Waals surface area contributed by atoms with Crippen molar-refractivity contribution in [1.29, 1.82) is 0 Å². The first kappa shape index (κ1) is 35.9. The van der Waals surface area contributed by atoms with Gasteiger partial charge >= 0.3 is 12.1 Å². The van der Waals surface area contributed by atoms with Gasteiger partial charge in [0.05, 0.1) is 6.10 Å². The van der Waals surface area contributed by atoms with E-state index in [9.17, 15) is 14.7 Å². The Morgan fingerprint density at radius 3 is 1.89 bits per heavy atom. The van der Waals surface area contributed by atoms with E-state index in [4.69, 9.17) is 13.9 Å². The number of alkyl carbamates (subject to hydrolysis) is 1. The maximum absolute atomic E-state index is 13.2. The minimum Gasteiger partial charge on any atom is -0.489 e. The third-order valence-corrected chi connectivity index (χ3v) is 12.7. The fourth-order valence-electron chi connectivity index (χ4n) is 4.88. The molecule has 3 atom stereocenters. The number of carboxylic acids is 1. The molecule has 1 unspecified atom stereocenters. The Morgan fingerprint density at radius 2 is 1.38 bits per heavy atom. The van der Waals surface area contributed by atoms with Crippen molar-refractivity contribution in [3.8, 4) is 5.75 Å². The normalized spacial score (nSPS) is 14.2. The summed E-state index contributed by atoms with van der Waals surface area (Å²) >= 11 is 0. The second-order valence-corrected chi connectivity index (χ2v) is 18.9. The molecule has 2 N–H and O–H groups in total. The lowest BCUT2D eigenvalue weighted by atomic mass is 9.82. The van der Waals surface area contributed by atoms with Crippen LogP contribution in [0.5, 0.6) is 5.75 Å². The summed E-state index contributed by atoms with van der Waals surface area (Å²) in [4.78, 5) is 25.2. The Labute approximate surface area is 270 Å². The monoisotopic (exact) mass is 633 g/mol. The van der Waals surface area contributed by atoms with Gasteiger partial charge in [-0.2, -0.15) is 0 Å². The van der Waals surface area contributed by atoms with Gasteiger partial charge in [-0.1, -0.05) is 93.6 Å². The standard InChI is InChI=1S/C37H51NO6Si/c1-36(2,3)43-35(41)38-32(25-27-15-11-9-12-16-27)31(23-24-33(39)40)34(44-45(7,8)37(4,5)6)29-19-21-30(22-20-29)42-26-28-17-13-10-14-18-28/h9-22,31-32,34H,23-26H2,1-8H3,(H,38,41)(H,39,40)/t31-,32-,34?/m0/s1. The lowest BCUT2D eigenvalue weighted by molar-refractivity contribution is -0.137. The number of nitrogens with one attached hydrogen (secondary N) is 1. The van der Waals surface area contributed by atoms with E-state index in [0.717, 1.165) is 22.4 Å². The summed E-state index contributed by atoms with van der Waals surface area (Å²) in [5.74, 6) is -0.547. The van der Waals surface area contributed by atoms with Crippen LogP contribution < -0.4 is 10.1 Å². The van der Waals surface area contributed by atoms with Crippen molar-refractivity contribution in [2.45, 2.75) is 103 Å². The molecule has 0 saturated carbocycles. The highest BCUT2D eigenvalue weighted by Crippen LogP contribution is 2.44. The van der Waals surface area contributed by atoms with E-state index < -0.39 is 38.1 Å². The van der Waals surface area contributed by atoms with Crippen LogP contribution in [0.4, 0.5) is 4.79 Å². The zero-order chi connectivity index (χ0) is 33.3. The fraction of sp³-hybridized carbons (Fsp3) is 0.459. The van der Waals surface area contributed by atoms with Crippen molar-refractivity contribution >= 4 is 20.4 Å². The maximum atomic E-state index is 13.2. The van der Waals surface area contributed by atoms with Gasteiger partial charge in [0, 0.05) is 18.4 Å².